The van der Waals surface area contributed by atoms with Gasteiger partial charge >= 0.3 is 0 Å². The molecular formula is C16H13NO2. The van der Waals surface area contributed by atoms with Gasteiger partial charge in [-0.05, 0) is 35.0 Å². The van der Waals surface area contributed by atoms with E-state index < -0.39 is 0 Å². The Hall–Kier alpha value is -2.55. The number of hydrogen-bond donors (Lipinski definition) is 1. The topological polar surface area (TPSA) is 42.4 Å². The Morgan fingerprint density at radius 3 is 2.58 bits per heavy atom. The summed E-state index contributed by atoms with van der Waals surface area (Å²) in [6.45, 7) is 0. The predicted molar refractivity (Wildman–Crippen MR) is 75.4 cm³/mol. The maximum absolute atomic E-state index is 9.46. The second-order valence-corrected chi connectivity index (χ2v) is 4.33. The number of methoxy groups -OCH3 is 1. The quantitative estimate of drug-likeness (QED) is 0.756. The lowest BCUT2D eigenvalue weighted by molar-refractivity contribution is 0.414. The minimum atomic E-state index is 0.278. The van der Waals surface area contributed by atoms with Gasteiger partial charge in [0.2, 0.25) is 0 Å². The molecule has 94 valence electrons. The molecule has 3 aromatic rings. The van der Waals surface area contributed by atoms with Crippen molar-refractivity contribution in [1.82, 2.24) is 4.98 Å². The summed E-state index contributed by atoms with van der Waals surface area (Å²) in [5, 5.41) is 11.5. The van der Waals surface area contributed by atoms with E-state index in [1.54, 1.807) is 25.4 Å². The summed E-state index contributed by atoms with van der Waals surface area (Å²) in [5.41, 5.74) is 1.89. The van der Waals surface area contributed by atoms with Crippen LogP contribution in [0.4, 0.5) is 0 Å². The fourth-order valence-electron chi connectivity index (χ4n) is 2.09. The summed E-state index contributed by atoms with van der Waals surface area (Å²) in [7, 11) is 1.64. The van der Waals surface area contributed by atoms with Gasteiger partial charge in [0.1, 0.15) is 11.5 Å². The summed E-state index contributed by atoms with van der Waals surface area (Å²) in [6.07, 6.45) is 1.73. The molecule has 0 aliphatic carbocycles. The summed E-state index contributed by atoms with van der Waals surface area (Å²) >= 11 is 0. The number of aromatic hydroxyl groups is 1. The molecule has 0 atom stereocenters. The fourth-order valence-corrected chi connectivity index (χ4v) is 2.09. The average molecular weight is 251 g/mol. The van der Waals surface area contributed by atoms with Crippen LogP contribution in [0.3, 0.4) is 0 Å². The molecular weight excluding hydrogens is 238 g/mol. The zero-order valence-electron chi connectivity index (χ0n) is 10.5. The first kappa shape index (κ1) is 11.5. The highest BCUT2D eigenvalue weighted by atomic mass is 16.5. The predicted octanol–water partition coefficient (Wildman–Crippen LogP) is 3.62. The van der Waals surface area contributed by atoms with Crippen LogP contribution in [0.15, 0.2) is 54.7 Å². The second kappa shape index (κ2) is 4.61. The molecule has 1 heterocycles. The Kier molecular flexibility index (Phi) is 2.80. The van der Waals surface area contributed by atoms with Gasteiger partial charge in [0, 0.05) is 17.8 Å². The van der Waals surface area contributed by atoms with Crippen LogP contribution in [0, 0.1) is 0 Å². The number of nitrogens with zero attached hydrogens (tertiary/aromatic N) is 1. The lowest BCUT2D eigenvalue weighted by Crippen LogP contribution is -1.87. The number of rotatable bonds is 2. The van der Waals surface area contributed by atoms with Gasteiger partial charge in [-0.3, -0.25) is 4.98 Å². The molecule has 0 spiro atoms. The fraction of sp³-hybridized carbons (Fsp3) is 0.0625. The number of fused-ring (bicyclic) bond motifs is 1. The zero-order valence-corrected chi connectivity index (χ0v) is 10.5. The summed E-state index contributed by atoms with van der Waals surface area (Å²) < 4.78 is 5.21. The molecule has 0 unspecified atom stereocenters. The van der Waals surface area contributed by atoms with Gasteiger partial charge in [-0.1, -0.05) is 18.2 Å². The maximum atomic E-state index is 9.46. The highest BCUT2D eigenvalue weighted by Gasteiger charge is 2.03. The van der Waals surface area contributed by atoms with Crippen molar-refractivity contribution in [2.45, 2.75) is 0 Å². The van der Waals surface area contributed by atoms with Gasteiger partial charge in [-0.15, -0.1) is 0 Å². The molecule has 19 heavy (non-hydrogen) atoms. The highest BCUT2D eigenvalue weighted by molar-refractivity contribution is 5.87. The van der Waals surface area contributed by atoms with Gasteiger partial charge in [0.25, 0.3) is 0 Å². The number of benzene rings is 2. The van der Waals surface area contributed by atoms with Crippen LogP contribution in [-0.4, -0.2) is 17.2 Å². The number of hydrogen-bond acceptors (Lipinski definition) is 3. The van der Waals surface area contributed by atoms with Gasteiger partial charge in [0.05, 0.1) is 12.8 Å². The van der Waals surface area contributed by atoms with Crippen LogP contribution in [0.1, 0.15) is 0 Å². The second-order valence-electron chi connectivity index (χ2n) is 4.33. The molecule has 3 nitrogen and oxygen atoms in total. The van der Waals surface area contributed by atoms with Crippen molar-refractivity contribution < 1.29 is 9.84 Å². The van der Waals surface area contributed by atoms with Crippen molar-refractivity contribution in [3.63, 3.8) is 0 Å². The number of phenolic OH excluding ortho intramolecular Hbond substituents is 1. The molecule has 0 bridgehead atoms. The van der Waals surface area contributed by atoms with Crippen molar-refractivity contribution in [2.75, 3.05) is 7.11 Å². The van der Waals surface area contributed by atoms with E-state index in [-0.39, 0.29) is 5.75 Å². The Morgan fingerprint density at radius 2 is 1.74 bits per heavy atom. The van der Waals surface area contributed by atoms with Crippen molar-refractivity contribution in [3.05, 3.63) is 54.7 Å². The van der Waals surface area contributed by atoms with Crippen LogP contribution in [0.2, 0.25) is 0 Å². The molecule has 3 heteroatoms. The van der Waals surface area contributed by atoms with Crippen LogP contribution in [-0.2, 0) is 0 Å². The number of ether oxygens (including phenoxy) is 1. The lowest BCUT2D eigenvalue weighted by Gasteiger charge is -2.05. The molecule has 0 aliphatic rings. The third kappa shape index (κ3) is 2.22. The van der Waals surface area contributed by atoms with E-state index in [9.17, 15) is 5.11 Å². The highest BCUT2D eigenvalue weighted by Crippen LogP contribution is 2.27. The smallest absolute Gasteiger partial charge is 0.122 e. The van der Waals surface area contributed by atoms with Crippen molar-refractivity contribution in [3.8, 4) is 22.8 Å². The minimum Gasteiger partial charge on any atom is -0.508 e. The first-order valence-electron chi connectivity index (χ1n) is 5.99. The minimum absolute atomic E-state index is 0.278. The van der Waals surface area contributed by atoms with Gasteiger partial charge in [-0.25, -0.2) is 0 Å². The number of aromatic nitrogens is 1. The van der Waals surface area contributed by atoms with E-state index in [1.165, 1.54) is 0 Å². The molecule has 0 aliphatic heterocycles. The number of pyridine rings is 1. The Bertz CT molecular complexity index is 738. The van der Waals surface area contributed by atoms with E-state index in [1.807, 2.05) is 30.3 Å². The van der Waals surface area contributed by atoms with Crippen LogP contribution in [0.25, 0.3) is 22.0 Å². The average Bonchev–Trinajstić information content (AvgIpc) is 2.46. The van der Waals surface area contributed by atoms with Crippen LogP contribution < -0.4 is 4.74 Å². The zero-order chi connectivity index (χ0) is 13.2. The van der Waals surface area contributed by atoms with Crippen LogP contribution >= 0.6 is 0 Å². The summed E-state index contributed by atoms with van der Waals surface area (Å²) in [6, 6.07) is 15.1. The number of phenols is 1. The van der Waals surface area contributed by atoms with E-state index in [0.29, 0.717) is 0 Å². The molecule has 0 fully saturated rings. The van der Waals surface area contributed by atoms with E-state index >= 15 is 0 Å². The Balaban J connectivity index is 2.12. The standard InChI is InChI=1S/C16H13NO2/c1-19-15-6-7-17-16(10-15)13-3-2-12-9-14(18)5-4-11(12)8-13/h2-10,18H,1H3. The molecule has 1 aromatic heterocycles. The molecule has 0 saturated heterocycles. The van der Waals surface area contributed by atoms with Crippen molar-refractivity contribution in [1.29, 1.82) is 0 Å². The van der Waals surface area contributed by atoms with Gasteiger partial charge < -0.3 is 9.84 Å². The van der Waals surface area contributed by atoms with Gasteiger partial charge in [0.15, 0.2) is 0 Å². The molecule has 1 N–H and O–H groups in total. The molecule has 3 rings (SSSR count). The summed E-state index contributed by atoms with van der Waals surface area (Å²) in [5.74, 6) is 1.07. The van der Waals surface area contributed by atoms with E-state index in [2.05, 4.69) is 11.1 Å². The summed E-state index contributed by atoms with van der Waals surface area (Å²) in [4.78, 5) is 4.35. The van der Waals surface area contributed by atoms with E-state index in [4.69, 9.17) is 4.74 Å². The Morgan fingerprint density at radius 1 is 0.947 bits per heavy atom. The maximum Gasteiger partial charge on any atom is 0.122 e. The monoisotopic (exact) mass is 251 g/mol. The van der Waals surface area contributed by atoms with Crippen molar-refractivity contribution in [2.24, 2.45) is 0 Å². The van der Waals surface area contributed by atoms with Gasteiger partial charge in [-0.2, -0.15) is 0 Å². The normalized spacial score (nSPS) is 10.6. The first-order chi connectivity index (χ1) is 9.26. The third-order valence-electron chi connectivity index (χ3n) is 3.09. The lowest BCUT2D eigenvalue weighted by atomic mass is 10.0. The Labute approximate surface area is 111 Å². The molecule has 2 aromatic carbocycles. The largest absolute Gasteiger partial charge is 0.508 e. The first-order valence-corrected chi connectivity index (χ1v) is 5.99. The van der Waals surface area contributed by atoms with E-state index in [0.717, 1.165) is 27.8 Å². The molecule has 0 saturated carbocycles. The molecule has 0 radical (unpaired) electrons. The van der Waals surface area contributed by atoms with Crippen molar-refractivity contribution >= 4 is 10.8 Å². The van der Waals surface area contributed by atoms with Crippen LogP contribution in [0.5, 0.6) is 11.5 Å². The molecule has 0 amide bonds. The third-order valence-corrected chi connectivity index (χ3v) is 3.09. The SMILES string of the molecule is COc1ccnc(-c2ccc3cc(O)ccc3c2)c1.